The lowest BCUT2D eigenvalue weighted by atomic mass is 10.1. The molecule has 126 valence electrons. The molecule has 24 heavy (non-hydrogen) atoms. The lowest BCUT2D eigenvalue weighted by molar-refractivity contribution is 0.219. The molecule has 0 spiro atoms. The van der Waals surface area contributed by atoms with Crippen molar-refractivity contribution in [3.05, 3.63) is 34.4 Å². The van der Waals surface area contributed by atoms with Gasteiger partial charge in [-0.1, -0.05) is 23.2 Å². The second-order valence-electron chi connectivity index (χ2n) is 5.76. The van der Waals surface area contributed by atoms with Crippen molar-refractivity contribution >= 4 is 46.3 Å². The minimum absolute atomic E-state index is 0.0433. The van der Waals surface area contributed by atoms with Crippen LogP contribution in [-0.2, 0) is 0 Å². The molecular formula is C15H16Cl2N6O. The van der Waals surface area contributed by atoms with E-state index in [0.717, 1.165) is 12.8 Å². The molecule has 1 aromatic heterocycles. The maximum Gasteiger partial charge on any atom is 0.223 e. The zero-order valence-corrected chi connectivity index (χ0v) is 14.2. The van der Waals surface area contributed by atoms with Crippen molar-refractivity contribution in [2.45, 2.75) is 12.8 Å². The number of hydrogen-bond acceptors (Lipinski definition) is 7. The number of aliphatic hydroxyl groups is 1. The van der Waals surface area contributed by atoms with Crippen LogP contribution in [0.5, 0.6) is 0 Å². The Morgan fingerprint density at radius 2 is 1.88 bits per heavy atom. The first-order chi connectivity index (χ1) is 11.5. The number of rotatable bonds is 6. The molecule has 0 saturated heterocycles. The van der Waals surface area contributed by atoms with E-state index in [0.29, 0.717) is 28.8 Å². The maximum absolute atomic E-state index is 9.41. The highest BCUT2D eigenvalue weighted by atomic mass is 35.5. The molecule has 1 fully saturated rings. The molecule has 0 radical (unpaired) electrons. The molecule has 7 nitrogen and oxygen atoms in total. The molecule has 0 bridgehead atoms. The molecule has 0 atom stereocenters. The van der Waals surface area contributed by atoms with Gasteiger partial charge in [0, 0.05) is 17.0 Å². The number of benzene rings is 1. The number of azo groups is 1. The van der Waals surface area contributed by atoms with Crippen molar-refractivity contribution in [1.82, 2.24) is 9.97 Å². The zero-order chi connectivity index (χ0) is 17.2. The zero-order valence-electron chi connectivity index (χ0n) is 12.7. The van der Waals surface area contributed by atoms with Gasteiger partial charge >= 0.3 is 0 Å². The third kappa shape index (κ3) is 3.92. The molecule has 0 unspecified atom stereocenters. The molecular weight excluding hydrogens is 351 g/mol. The lowest BCUT2D eigenvalue weighted by Gasteiger charge is -2.14. The molecule has 1 aliphatic rings. The van der Waals surface area contributed by atoms with Crippen LogP contribution in [0.1, 0.15) is 12.8 Å². The number of aromatic nitrogens is 2. The molecule has 1 saturated carbocycles. The van der Waals surface area contributed by atoms with Crippen molar-refractivity contribution < 1.29 is 5.11 Å². The maximum atomic E-state index is 9.41. The number of nitrogens with one attached hydrogen (secondary N) is 1. The van der Waals surface area contributed by atoms with Crippen LogP contribution in [0.25, 0.3) is 0 Å². The monoisotopic (exact) mass is 366 g/mol. The van der Waals surface area contributed by atoms with Gasteiger partial charge in [0.25, 0.3) is 0 Å². The number of nitrogens with two attached hydrogens (primary N) is 1. The molecule has 4 N–H and O–H groups in total. The summed E-state index contributed by atoms with van der Waals surface area (Å²) < 4.78 is 0. The molecule has 9 heteroatoms. The molecule has 1 heterocycles. The Kier molecular flexibility index (Phi) is 4.84. The standard InChI is InChI=1S/C15H16Cl2N6O/c16-9-1-3-10(4-2-9)22-23-11-12(17)20-14(18)21-13(11)19-7-15(8-24)5-6-15/h1-4,24H,5-8H2,(H3,18,19,20,21). The summed E-state index contributed by atoms with van der Waals surface area (Å²) in [6.45, 7) is 0.676. The van der Waals surface area contributed by atoms with E-state index in [2.05, 4.69) is 25.5 Å². The predicted octanol–water partition coefficient (Wildman–Crippen LogP) is 3.97. The Bertz CT molecular complexity index is 761. The minimum Gasteiger partial charge on any atom is -0.396 e. The second kappa shape index (κ2) is 6.88. The van der Waals surface area contributed by atoms with Crippen molar-refractivity contribution in [2.75, 3.05) is 24.2 Å². The van der Waals surface area contributed by atoms with E-state index >= 15 is 0 Å². The normalized spacial score (nSPS) is 15.6. The molecule has 0 amide bonds. The fraction of sp³-hybridized carbons (Fsp3) is 0.333. The topological polar surface area (TPSA) is 109 Å². The Balaban J connectivity index is 1.84. The predicted molar refractivity (Wildman–Crippen MR) is 94.3 cm³/mol. The summed E-state index contributed by atoms with van der Waals surface area (Å²) >= 11 is 12.0. The Hall–Kier alpha value is -1.96. The molecule has 3 rings (SSSR count). The minimum atomic E-state index is -0.100. The van der Waals surface area contributed by atoms with E-state index < -0.39 is 0 Å². The Labute approximate surface area is 148 Å². The van der Waals surface area contributed by atoms with E-state index in [1.807, 2.05) is 0 Å². The van der Waals surface area contributed by atoms with Gasteiger partial charge in [-0.15, -0.1) is 5.11 Å². The fourth-order valence-electron chi connectivity index (χ4n) is 2.11. The van der Waals surface area contributed by atoms with Crippen LogP contribution in [0.15, 0.2) is 34.5 Å². The number of hydrogen-bond donors (Lipinski definition) is 3. The summed E-state index contributed by atoms with van der Waals surface area (Å²) in [4.78, 5) is 8.05. The highest BCUT2D eigenvalue weighted by Crippen LogP contribution is 2.45. The summed E-state index contributed by atoms with van der Waals surface area (Å²) in [5, 5.41) is 21.5. The van der Waals surface area contributed by atoms with Crippen LogP contribution >= 0.6 is 23.2 Å². The van der Waals surface area contributed by atoms with Crippen LogP contribution in [-0.4, -0.2) is 28.2 Å². The van der Waals surface area contributed by atoms with Crippen LogP contribution in [0.4, 0.5) is 23.1 Å². The average Bonchev–Trinajstić information content (AvgIpc) is 3.34. The third-order valence-electron chi connectivity index (χ3n) is 3.87. The summed E-state index contributed by atoms with van der Waals surface area (Å²) in [7, 11) is 0. The third-order valence-corrected chi connectivity index (χ3v) is 4.39. The number of halogens is 2. The van der Waals surface area contributed by atoms with Gasteiger partial charge in [-0.3, -0.25) is 0 Å². The smallest absolute Gasteiger partial charge is 0.223 e. The fourth-order valence-corrected chi connectivity index (χ4v) is 2.45. The van der Waals surface area contributed by atoms with E-state index in [9.17, 15) is 5.11 Å². The quantitative estimate of drug-likeness (QED) is 0.529. The highest BCUT2D eigenvalue weighted by Gasteiger charge is 2.42. The van der Waals surface area contributed by atoms with Gasteiger partial charge in [-0.05, 0) is 37.1 Å². The van der Waals surface area contributed by atoms with Crippen LogP contribution in [0.3, 0.4) is 0 Å². The van der Waals surface area contributed by atoms with Gasteiger partial charge in [0.2, 0.25) is 5.95 Å². The molecule has 2 aromatic rings. The first kappa shape index (κ1) is 16.9. The highest BCUT2D eigenvalue weighted by molar-refractivity contribution is 6.32. The van der Waals surface area contributed by atoms with E-state index in [4.69, 9.17) is 28.9 Å². The van der Waals surface area contributed by atoms with Gasteiger partial charge in [-0.2, -0.15) is 15.1 Å². The molecule has 1 aromatic carbocycles. The first-order valence-electron chi connectivity index (χ1n) is 7.36. The van der Waals surface area contributed by atoms with Crippen molar-refractivity contribution in [2.24, 2.45) is 15.6 Å². The van der Waals surface area contributed by atoms with Gasteiger partial charge in [-0.25, -0.2) is 0 Å². The first-order valence-corrected chi connectivity index (χ1v) is 8.12. The van der Waals surface area contributed by atoms with Gasteiger partial charge in [0.05, 0.1) is 12.3 Å². The molecule has 0 aliphatic heterocycles. The number of anilines is 2. The summed E-state index contributed by atoms with van der Waals surface area (Å²) in [6.07, 6.45) is 1.93. The molecule has 1 aliphatic carbocycles. The number of nitrogen functional groups attached to an aromatic ring is 1. The number of aliphatic hydroxyl groups excluding tert-OH is 1. The average molecular weight is 367 g/mol. The van der Waals surface area contributed by atoms with Gasteiger partial charge < -0.3 is 16.2 Å². The van der Waals surface area contributed by atoms with E-state index in [1.165, 1.54) is 0 Å². The van der Waals surface area contributed by atoms with Crippen LogP contribution in [0.2, 0.25) is 10.2 Å². The van der Waals surface area contributed by atoms with Crippen molar-refractivity contribution in [3.63, 3.8) is 0 Å². The summed E-state index contributed by atoms with van der Waals surface area (Å²) in [5.41, 5.74) is 6.47. The summed E-state index contributed by atoms with van der Waals surface area (Å²) in [6, 6.07) is 6.90. The lowest BCUT2D eigenvalue weighted by Crippen LogP contribution is -2.20. The SMILES string of the molecule is Nc1nc(Cl)c(N=Nc2ccc(Cl)cc2)c(NCC2(CO)CC2)n1. The van der Waals surface area contributed by atoms with Crippen molar-refractivity contribution in [1.29, 1.82) is 0 Å². The Morgan fingerprint density at radius 3 is 2.50 bits per heavy atom. The Morgan fingerprint density at radius 1 is 1.17 bits per heavy atom. The van der Waals surface area contributed by atoms with Crippen LogP contribution < -0.4 is 11.1 Å². The summed E-state index contributed by atoms with van der Waals surface area (Å²) in [5.74, 6) is 0.437. The van der Waals surface area contributed by atoms with Crippen molar-refractivity contribution in [3.8, 4) is 0 Å². The van der Waals surface area contributed by atoms with E-state index in [1.54, 1.807) is 24.3 Å². The second-order valence-corrected chi connectivity index (χ2v) is 6.55. The number of nitrogens with zero attached hydrogens (tertiary/aromatic N) is 4. The van der Waals surface area contributed by atoms with E-state index in [-0.39, 0.29) is 23.1 Å². The van der Waals surface area contributed by atoms with Crippen LogP contribution in [0, 0.1) is 5.41 Å². The van der Waals surface area contributed by atoms with Gasteiger partial charge in [0.1, 0.15) is 0 Å². The largest absolute Gasteiger partial charge is 0.396 e. The van der Waals surface area contributed by atoms with Gasteiger partial charge in [0.15, 0.2) is 16.7 Å².